The first-order valence-electron chi connectivity index (χ1n) is 9.12. The van der Waals surface area contributed by atoms with Crippen molar-refractivity contribution < 1.29 is 13.2 Å². The maximum atomic E-state index is 12.2. The highest BCUT2D eigenvalue weighted by Gasteiger charge is 2.19. The summed E-state index contributed by atoms with van der Waals surface area (Å²) in [6.45, 7) is 6.26. The number of ether oxygens (including phenoxy) is 1. The Bertz CT molecular complexity index is 898. The van der Waals surface area contributed by atoms with Crippen molar-refractivity contribution in [2.24, 2.45) is 4.99 Å². The Balaban J connectivity index is 0.00000420. The normalized spacial score (nSPS) is 11.8. The second-order valence-electron chi connectivity index (χ2n) is 6.10. The molecule has 0 amide bonds. The number of para-hydroxylation sites is 1. The van der Waals surface area contributed by atoms with Crippen molar-refractivity contribution in [3.05, 3.63) is 46.8 Å². The largest absolute Gasteiger partial charge is 0.494 e. The van der Waals surface area contributed by atoms with Gasteiger partial charge in [0.05, 0.1) is 19.7 Å². The summed E-state index contributed by atoms with van der Waals surface area (Å²) in [5.41, 5.74) is 1.01. The number of sulfonamides is 1. The molecule has 1 aromatic carbocycles. The van der Waals surface area contributed by atoms with Crippen molar-refractivity contribution in [1.29, 1.82) is 0 Å². The molecule has 0 aliphatic carbocycles. The summed E-state index contributed by atoms with van der Waals surface area (Å²) in [5, 5.41) is 6.46. The molecule has 1 aromatic heterocycles. The minimum Gasteiger partial charge on any atom is -0.494 e. The summed E-state index contributed by atoms with van der Waals surface area (Å²) in [4.78, 5) is 5.54. The van der Waals surface area contributed by atoms with Gasteiger partial charge in [-0.05, 0) is 32.0 Å². The maximum Gasteiger partial charge on any atom is 0.252 e. The average molecular weight is 553 g/mol. The number of guanidine groups is 1. The van der Waals surface area contributed by atoms with Crippen molar-refractivity contribution in [2.45, 2.75) is 31.1 Å². The third kappa shape index (κ3) is 7.43. The molecule has 162 valence electrons. The van der Waals surface area contributed by atoms with E-state index in [1.807, 2.05) is 44.2 Å². The fourth-order valence-electron chi connectivity index (χ4n) is 2.38. The zero-order valence-corrected chi connectivity index (χ0v) is 21.1. The molecule has 0 aliphatic heterocycles. The zero-order chi connectivity index (χ0) is 20.6. The molecule has 1 heterocycles. The Morgan fingerprint density at radius 3 is 2.52 bits per heavy atom. The van der Waals surface area contributed by atoms with Crippen LogP contribution >= 0.6 is 35.3 Å². The molecular formula is C19H29IN4O3S2. The van der Waals surface area contributed by atoms with Crippen LogP contribution in [0.3, 0.4) is 0 Å². The van der Waals surface area contributed by atoms with Crippen molar-refractivity contribution in [2.75, 3.05) is 27.2 Å². The Hall–Kier alpha value is -1.37. The van der Waals surface area contributed by atoms with Gasteiger partial charge in [-0.15, -0.1) is 35.3 Å². The van der Waals surface area contributed by atoms with Crippen molar-refractivity contribution in [3.63, 3.8) is 0 Å². The van der Waals surface area contributed by atoms with Crippen molar-refractivity contribution >= 4 is 51.3 Å². The van der Waals surface area contributed by atoms with Gasteiger partial charge < -0.3 is 15.4 Å². The van der Waals surface area contributed by atoms with Crippen LogP contribution in [-0.2, 0) is 23.1 Å². The van der Waals surface area contributed by atoms with Crippen LogP contribution in [0.5, 0.6) is 5.75 Å². The van der Waals surface area contributed by atoms with Crippen LogP contribution in [0.1, 0.15) is 24.3 Å². The van der Waals surface area contributed by atoms with E-state index in [1.54, 1.807) is 6.07 Å². The molecule has 0 spiro atoms. The third-order valence-electron chi connectivity index (χ3n) is 3.83. The smallest absolute Gasteiger partial charge is 0.252 e. The molecular weight excluding hydrogens is 523 g/mol. The summed E-state index contributed by atoms with van der Waals surface area (Å²) in [6, 6.07) is 11.3. The molecule has 7 nitrogen and oxygen atoms in total. The number of thiophene rings is 1. The van der Waals surface area contributed by atoms with Crippen LogP contribution in [0, 0.1) is 0 Å². The Kier molecular flexibility index (Phi) is 10.9. The standard InChI is InChI=1S/C19H28N4O3S2.HI/c1-5-20-19(21-13-15-9-7-8-10-17(15)26-6-2)22-14-16-11-12-18(27-16)28(24,25)23(3)4;/h7-12H,5-6,13-14H2,1-4H3,(H2,20,21,22);1H. The van der Waals surface area contributed by atoms with Gasteiger partial charge in [0.1, 0.15) is 9.96 Å². The lowest BCUT2D eigenvalue weighted by Crippen LogP contribution is -2.36. The first kappa shape index (κ1) is 25.7. The van der Waals surface area contributed by atoms with Crippen LogP contribution < -0.4 is 15.4 Å². The van der Waals surface area contributed by atoms with E-state index in [2.05, 4.69) is 15.6 Å². The van der Waals surface area contributed by atoms with Gasteiger partial charge in [-0.1, -0.05) is 18.2 Å². The number of hydrogen-bond acceptors (Lipinski definition) is 5. The van der Waals surface area contributed by atoms with Crippen LogP contribution in [0.15, 0.2) is 45.6 Å². The Morgan fingerprint density at radius 2 is 1.86 bits per heavy atom. The average Bonchev–Trinajstić information content (AvgIpc) is 3.15. The number of nitrogens with zero attached hydrogens (tertiary/aromatic N) is 2. The highest BCUT2D eigenvalue weighted by atomic mass is 127. The fourth-order valence-corrected chi connectivity index (χ4v) is 4.84. The van der Waals surface area contributed by atoms with E-state index < -0.39 is 10.0 Å². The third-order valence-corrected chi connectivity index (χ3v) is 7.19. The minimum absolute atomic E-state index is 0. The molecule has 0 bridgehead atoms. The van der Waals surface area contributed by atoms with Gasteiger partial charge in [0.25, 0.3) is 10.0 Å². The highest BCUT2D eigenvalue weighted by molar-refractivity contribution is 14.0. The number of halogens is 1. The van der Waals surface area contributed by atoms with Gasteiger partial charge in [0.15, 0.2) is 5.96 Å². The van der Waals surface area contributed by atoms with E-state index in [0.29, 0.717) is 29.9 Å². The lowest BCUT2D eigenvalue weighted by atomic mass is 10.2. The van der Waals surface area contributed by atoms with E-state index in [4.69, 9.17) is 4.74 Å². The predicted octanol–water partition coefficient (Wildman–Crippen LogP) is 3.27. The molecule has 0 saturated carbocycles. The first-order chi connectivity index (χ1) is 13.4. The maximum absolute atomic E-state index is 12.2. The van der Waals surface area contributed by atoms with Gasteiger partial charge in [-0.2, -0.15) is 0 Å². The van der Waals surface area contributed by atoms with Crippen molar-refractivity contribution in [1.82, 2.24) is 14.9 Å². The van der Waals surface area contributed by atoms with Gasteiger partial charge >= 0.3 is 0 Å². The van der Waals surface area contributed by atoms with Crippen LogP contribution in [0.2, 0.25) is 0 Å². The SMILES string of the molecule is CCNC(=NCc1ccccc1OCC)NCc1ccc(S(=O)(=O)N(C)C)s1.I. The number of benzene rings is 1. The lowest BCUT2D eigenvalue weighted by molar-refractivity contribution is 0.336. The summed E-state index contributed by atoms with van der Waals surface area (Å²) in [6.07, 6.45) is 0. The summed E-state index contributed by atoms with van der Waals surface area (Å²) >= 11 is 1.26. The molecule has 2 rings (SSSR count). The van der Waals surface area contributed by atoms with E-state index in [-0.39, 0.29) is 24.0 Å². The molecule has 2 aromatic rings. The second kappa shape index (κ2) is 12.4. The molecule has 10 heteroatoms. The molecule has 0 fully saturated rings. The molecule has 0 unspecified atom stereocenters. The van der Waals surface area contributed by atoms with Gasteiger partial charge in [0, 0.05) is 31.1 Å². The topological polar surface area (TPSA) is 83.0 Å². The number of hydrogen-bond donors (Lipinski definition) is 2. The molecule has 0 radical (unpaired) electrons. The van der Waals surface area contributed by atoms with E-state index in [1.165, 1.54) is 29.7 Å². The zero-order valence-electron chi connectivity index (χ0n) is 17.1. The molecule has 29 heavy (non-hydrogen) atoms. The van der Waals surface area contributed by atoms with E-state index in [9.17, 15) is 8.42 Å². The molecule has 0 aliphatic rings. The Labute approximate surface area is 194 Å². The Morgan fingerprint density at radius 1 is 1.14 bits per heavy atom. The van der Waals surface area contributed by atoms with E-state index in [0.717, 1.165) is 22.7 Å². The number of rotatable bonds is 9. The molecule has 2 N–H and O–H groups in total. The number of aliphatic imine (C=N–C) groups is 1. The van der Waals surface area contributed by atoms with Gasteiger partial charge in [-0.25, -0.2) is 17.7 Å². The van der Waals surface area contributed by atoms with Crippen molar-refractivity contribution in [3.8, 4) is 5.75 Å². The lowest BCUT2D eigenvalue weighted by Gasteiger charge is -2.12. The monoisotopic (exact) mass is 552 g/mol. The summed E-state index contributed by atoms with van der Waals surface area (Å²) in [7, 11) is -0.336. The predicted molar refractivity (Wildman–Crippen MR) is 130 cm³/mol. The fraction of sp³-hybridized carbons (Fsp3) is 0.421. The molecule has 0 atom stereocenters. The van der Waals surface area contributed by atoms with E-state index >= 15 is 0 Å². The summed E-state index contributed by atoms with van der Waals surface area (Å²) in [5.74, 6) is 1.50. The van der Waals surface area contributed by atoms with Gasteiger partial charge in [0.2, 0.25) is 0 Å². The number of nitrogens with one attached hydrogen (secondary N) is 2. The van der Waals surface area contributed by atoms with Crippen LogP contribution in [0.4, 0.5) is 0 Å². The first-order valence-corrected chi connectivity index (χ1v) is 11.4. The highest BCUT2D eigenvalue weighted by Crippen LogP contribution is 2.23. The minimum atomic E-state index is -3.40. The van der Waals surface area contributed by atoms with Crippen LogP contribution in [0.25, 0.3) is 0 Å². The van der Waals surface area contributed by atoms with Gasteiger partial charge in [-0.3, -0.25) is 0 Å². The summed E-state index contributed by atoms with van der Waals surface area (Å²) < 4.78 is 31.6. The second-order valence-corrected chi connectivity index (χ2v) is 9.64. The quantitative estimate of drug-likeness (QED) is 0.284. The van der Waals surface area contributed by atoms with Crippen LogP contribution in [-0.4, -0.2) is 45.9 Å². The molecule has 0 saturated heterocycles.